The Hall–Kier alpha value is -2.14. The minimum Gasteiger partial charge on any atom is -0.311 e. The molecule has 120 valence electrons. The van der Waals surface area contributed by atoms with E-state index in [4.69, 9.17) is 0 Å². The predicted octanol–water partition coefficient (Wildman–Crippen LogP) is 1.92. The zero-order valence-electron chi connectivity index (χ0n) is 13.5. The summed E-state index contributed by atoms with van der Waals surface area (Å²) in [5.74, 6) is 0.208. The van der Waals surface area contributed by atoms with Gasteiger partial charge in [0, 0.05) is 43.0 Å². The second-order valence-corrected chi connectivity index (χ2v) is 6.37. The number of anilines is 1. The summed E-state index contributed by atoms with van der Waals surface area (Å²) < 4.78 is 0. The van der Waals surface area contributed by atoms with E-state index in [9.17, 15) is 4.79 Å². The first-order valence-electron chi connectivity index (χ1n) is 8.42. The molecule has 23 heavy (non-hydrogen) atoms. The molecule has 0 fully saturated rings. The van der Waals surface area contributed by atoms with E-state index < -0.39 is 0 Å². The number of aromatic nitrogens is 2. The minimum atomic E-state index is 0.208. The average molecular weight is 310 g/mol. The van der Waals surface area contributed by atoms with E-state index in [0.717, 1.165) is 50.3 Å². The lowest BCUT2D eigenvalue weighted by molar-refractivity contribution is -0.119. The van der Waals surface area contributed by atoms with Crippen molar-refractivity contribution in [1.82, 2.24) is 15.1 Å². The molecule has 2 aliphatic rings. The van der Waals surface area contributed by atoms with Crippen molar-refractivity contribution >= 4 is 11.6 Å². The van der Waals surface area contributed by atoms with Crippen molar-refractivity contribution in [3.8, 4) is 0 Å². The Morgan fingerprint density at radius 1 is 1.26 bits per heavy atom. The van der Waals surface area contributed by atoms with Crippen molar-refractivity contribution in [2.24, 2.45) is 0 Å². The Balaban J connectivity index is 1.46. The van der Waals surface area contributed by atoms with Crippen LogP contribution < -0.4 is 4.90 Å². The number of carbonyl (C=O) groups excluding carboxylic acids is 1. The molecule has 1 amide bonds. The standard InChI is InChI=1S/C18H22N4O/c1-2-15-14-11-21(9-8-16(14)20-19-15)12-18(23)22-10-7-13-5-3-4-6-17(13)22/h3-6H,2,7-12H2,1H3,(H,19,20). The molecule has 0 unspecified atom stereocenters. The van der Waals surface area contributed by atoms with Crippen molar-refractivity contribution < 1.29 is 4.79 Å². The first kappa shape index (κ1) is 14.5. The molecule has 1 N–H and O–H groups in total. The number of H-pyrrole nitrogens is 1. The van der Waals surface area contributed by atoms with Crippen LogP contribution in [0.2, 0.25) is 0 Å². The highest BCUT2D eigenvalue weighted by molar-refractivity contribution is 5.96. The van der Waals surface area contributed by atoms with Crippen molar-refractivity contribution in [2.75, 3.05) is 24.5 Å². The Morgan fingerprint density at radius 3 is 3.00 bits per heavy atom. The maximum Gasteiger partial charge on any atom is 0.241 e. The zero-order valence-corrected chi connectivity index (χ0v) is 13.5. The molecule has 0 atom stereocenters. The van der Waals surface area contributed by atoms with Crippen LogP contribution in [0.5, 0.6) is 0 Å². The van der Waals surface area contributed by atoms with E-state index >= 15 is 0 Å². The van der Waals surface area contributed by atoms with Gasteiger partial charge in [-0.2, -0.15) is 5.10 Å². The molecule has 2 aliphatic heterocycles. The molecular weight excluding hydrogens is 288 g/mol. The molecule has 0 bridgehead atoms. The van der Waals surface area contributed by atoms with Crippen molar-refractivity contribution in [2.45, 2.75) is 32.7 Å². The third kappa shape index (κ3) is 2.55. The number of rotatable bonds is 3. The molecule has 0 radical (unpaired) electrons. The summed E-state index contributed by atoms with van der Waals surface area (Å²) in [7, 11) is 0. The largest absolute Gasteiger partial charge is 0.311 e. The lowest BCUT2D eigenvalue weighted by atomic mass is 10.0. The summed E-state index contributed by atoms with van der Waals surface area (Å²) in [5, 5.41) is 7.54. The second-order valence-electron chi connectivity index (χ2n) is 6.37. The molecule has 1 aromatic carbocycles. The Labute approximate surface area is 136 Å². The van der Waals surface area contributed by atoms with Crippen LogP contribution in [0.1, 0.15) is 29.4 Å². The fourth-order valence-corrected chi connectivity index (χ4v) is 3.71. The molecular formula is C18H22N4O. The molecule has 0 saturated heterocycles. The number of hydrogen-bond donors (Lipinski definition) is 1. The molecule has 0 saturated carbocycles. The fraction of sp³-hybridized carbons (Fsp3) is 0.444. The molecule has 2 aromatic rings. The highest BCUT2D eigenvalue weighted by Gasteiger charge is 2.28. The molecule has 5 heteroatoms. The van der Waals surface area contributed by atoms with E-state index in [0.29, 0.717) is 6.54 Å². The lowest BCUT2D eigenvalue weighted by Crippen LogP contribution is -2.41. The smallest absolute Gasteiger partial charge is 0.241 e. The average Bonchev–Trinajstić information content (AvgIpc) is 3.18. The molecule has 1 aromatic heterocycles. The van der Waals surface area contributed by atoms with Crippen LogP contribution in [-0.4, -0.2) is 40.6 Å². The van der Waals surface area contributed by atoms with Crippen LogP contribution in [0.25, 0.3) is 0 Å². The molecule has 3 heterocycles. The summed E-state index contributed by atoms with van der Waals surface area (Å²) >= 11 is 0. The van der Waals surface area contributed by atoms with Gasteiger partial charge >= 0.3 is 0 Å². The topological polar surface area (TPSA) is 52.2 Å². The van der Waals surface area contributed by atoms with Crippen LogP contribution in [0, 0.1) is 0 Å². The van der Waals surface area contributed by atoms with E-state index in [1.165, 1.54) is 16.8 Å². The third-order valence-corrected chi connectivity index (χ3v) is 4.98. The summed E-state index contributed by atoms with van der Waals surface area (Å²) in [5.41, 5.74) is 6.06. The first-order valence-corrected chi connectivity index (χ1v) is 8.42. The monoisotopic (exact) mass is 310 g/mol. The van der Waals surface area contributed by atoms with Gasteiger partial charge in [0.15, 0.2) is 0 Å². The maximum absolute atomic E-state index is 12.7. The van der Waals surface area contributed by atoms with Gasteiger partial charge in [0.25, 0.3) is 0 Å². The SMILES string of the molecule is CCc1n[nH]c2c1CN(CC(=O)N1CCc3ccccc31)CC2. The van der Waals surface area contributed by atoms with Crippen molar-refractivity contribution in [3.63, 3.8) is 0 Å². The van der Waals surface area contributed by atoms with Gasteiger partial charge in [-0.1, -0.05) is 25.1 Å². The minimum absolute atomic E-state index is 0.208. The number of fused-ring (bicyclic) bond motifs is 2. The predicted molar refractivity (Wildman–Crippen MR) is 89.4 cm³/mol. The van der Waals surface area contributed by atoms with Gasteiger partial charge in [0.2, 0.25) is 5.91 Å². The van der Waals surface area contributed by atoms with Gasteiger partial charge in [-0.15, -0.1) is 0 Å². The first-order chi connectivity index (χ1) is 11.3. The van der Waals surface area contributed by atoms with Crippen LogP contribution in [0.15, 0.2) is 24.3 Å². The van der Waals surface area contributed by atoms with Crippen LogP contribution in [0.3, 0.4) is 0 Å². The second kappa shape index (κ2) is 5.81. The van der Waals surface area contributed by atoms with Crippen LogP contribution in [-0.2, 0) is 30.6 Å². The van der Waals surface area contributed by atoms with Gasteiger partial charge in [-0.3, -0.25) is 14.8 Å². The number of carbonyl (C=O) groups is 1. The molecule has 0 spiro atoms. The molecule has 0 aliphatic carbocycles. The van der Waals surface area contributed by atoms with Gasteiger partial charge < -0.3 is 4.90 Å². The fourth-order valence-electron chi connectivity index (χ4n) is 3.71. The summed E-state index contributed by atoms with van der Waals surface area (Å²) in [6, 6.07) is 8.23. The van der Waals surface area contributed by atoms with Gasteiger partial charge in [-0.25, -0.2) is 0 Å². The summed E-state index contributed by atoms with van der Waals surface area (Å²) in [6.45, 7) is 5.17. The number of hydrogen-bond acceptors (Lipinski definition) is 3. The number of para-hydroxylation sites is 1. The van der Waals surface area contributed by atoms with Crippen molar-refractivity contribution in [3.05, 3.63) is 46.8 Å². The van der Waals surface area contributed by atoms with E-state index in [2.05, 4.69) is 34.2 Å². The number of aromatic amines is 1. The van der Waals surface area contributed by atoms with Gasteiger partial charge in [-0.05, 0) is 24.5 Å². The summed E-state index contributed by atoms with van der Waals surface area (Å²) in [4.78, 5) is 16.9. The highest BCUT2D eigenvalue weighted by atomic mass is 16.2. The third-order valence-electron chi connectivity index (χ3n) is 4.98. The van der Waals surface area contributed by atoms with E-state index in [-0.39, 0.29) is 5.91 Å². The number of nitrogens with one attached hydrogen (secondary N) is 1. The normalized spacial score (nSPS) is 17.2. The number of benzene rings is 1. The highest BCUT2D eigenvalue weighted by Crippen LogP contribution is 2.28. The number of amides is 1. The van der Waals surface area contributed by atoms with Gasteiger partial charge in [0.1, 0.15) is 0 Å². The Bertz CT molecular complexity index is 723. The Morgan fingerprint density at radius 2 is 2.13 bits per heavy atom. The van der Waals surface area contributed by atoms with Crippen LogP contribution in [0.4, 0.5) is 5.69 Å². The zero-order chi connectivity index (χ0) is 15.8. The Kier molecular flexibility index (Phi) is 3.65. The van der Waals surface area contributed by atoms with Crippen molar-refractivity contribution in [1.29, 1.82) is 0 Å². The van der Waals surface area contributed by atoms with E-state index in [1.807, 2.05) is 17.0 Å². The van der Waals surface area contributed by atoms with Crippen LogP contribution >= 0.6 is 0 Å². The quantitative estimate of drug-likeness (QED) is 0.942. The lowest BCUT2D eigenvalue weighted by Gasteiger charge is -2.28. The van der Waals surface area contributed by atoms with Gasteiger partial charge in [0.05, 0.1) is 12.2 Å². The summed E-state index contributed by atoms with van der Waals surface area (Å²) in [6.07, 6.45) is 2.85. The molecule has 5 nitrogen and oxygen atoms in total. The maximum atomic E-state index is 12.7. The number of nitrogens with zero attached hydrogens (tertiary/aromatic N) is 3. The molecule has 4 rings (SSSR count). The number of aryl methyl sites for hydroxylation is 1. The van der Waals surface area contributed by atoms with E-state index in [1.54, 1.807) is 0 Å².